The lowest BCUT2D eigenvalue weighted by Crippen LogP contribution is -2.30. The maximum Gasteiger partial charge on any atom is 0.161 e. The highest BCUT2D eigenvalue weighted by atomic mass is 35.5. The summed E-state index contributed by atoms with van der Waals surface area (Å²) in [6.07, 6.45) is 6.50. The molecule has 0 amide bonds. The van der Waals surface area contributed by atoms with Crippen LogP contribution in [0, 0.1) is 12.8 Å². The second kappa shape index (κ2) is 9.76. The smallest absolute Gasteiger partial charge is 0.161 e. The first-order valence-electron chi connectivity index (χ1n) is 11.6. The Morgan fingerprint density at radius 1 is 1.18 bits per heavy atom. The first-order chi connectivity index (χ1) is 16.1. The van der Waals surface area contributed by atoms with Gasteiger partial charge in [-0.15, -0.1) is 0 Å². The number of phenolic OH excluding ortho intramolecular Hbond substituents is 1. The minimum Gasteiger partial charge on any atom is -0.507 e. The van der Waals surface area contributed by atoms with Crippen LogP contribution in [0.25, 0.3) is 33.2 Å². The highest BCUT2D eigenvalue weighted by Gasteiger charge is 2.17. The van der Waals surface area contributed by atoms with Crippen LogP contribution in [0.15, 0.2) is 30.6 Å². The summed E-state index contributed by atoms with van der Waals surface area (Å²) in [6.45, 7) is 6.79. The molecule has 1 N–H and O–H groups in total. The maximum absolute atomic E-state index is 10.7. The van der Waals surface area contributed by atoms with E-state index in [1.807, 2.05) is 51.3 Å². The van der Waals surface area contributed by atoms with Crippen molar-refractivity contribution in [1.82, 2.24) is 24.6 Å². The van der Waals surface area contributed by atoms with Crippen LogP contribution in [-0.4, -0.2) is 64.0 Å². The van der Waals surface area contributed by atoms with E-state index in [0.717, 1.165) is 27.9 Å². The fraction of sp³-hybridized carbons (Fsp3) is 0.423. The third-order valence-corrected chi connectivity index (χ3v) is 6.69. The number of halogens is 1. The van der Waals surface area contributed by atoms with E-state index in [-0.39, 0.29) is 5.75 Å². The van der Waals surface area contributed by atoms with E-state index >= 15 is 0 Å². The molecule has 1 atom stereocenters. The lowest BCUT2D eigenvalue weighted by molar-refractivity contribution is 0.221. The summed E-state index contributed by atoms with van der Waals surface area (Å²) < 4.78 is 1.73. The standard InChI is InChI=1S/C19H18ClN5O.C7H15N/c1-10-17-11(9-25(4)23-17)5-14(18(10)26)16-7-15(20)13-6-12(24(2)3)8-21-19(13)22-16;1-7-4-3-5-8(2)6-7/h5-9,26H,1-4H3;7H,3-6H2,1-2H3. The van der Waals surface area contributed by atoms with Gasteiger partial charge in [-0.05, 0) is 57.5 Å². The Morgan fingerprint density at radius 3 is 2.59 bits per heavy atom. The predicted molar refractivity (Wildman–Crippen MR) is 141 cm³/mol. The number of hydrogen-bond acceptors (Lipinski definition) is 6. The minimum atomic E-state index is 0.157. The molecule has 0 spiro atoms. The van der Waals surface area contributed by atoms with Gasteiger partial charge >= 0.3 is 0 Å². The van der Waals surface area contributed by atoms with Crippen LogP contribution < -0.4 is 4.90 Å². The number of aromatic nitrogens is 4. The predicted octanol–water partition coefficient (Wildman–Crippen LogP) is 5.27. The molecule has 1 unspecified atom stereocenters. The summed E-state index contributed by atoms with van der Waals surface area (Å²) in [5.41, 5.74) is 4.18. The van der Waals surface area contributed by atoms with Crippen molar-refractivity contribution in [2.24, 2.45) is 13.0 Å². The molecule has 1 aromatic carbocycles. The minimum absolute atomic E-state index is 0.157. The zero-order chi connectivity index (χ0) is 24.6. The van der Waals surface area contributed by atoms with Gasteiger partial charge in [-0.3, -0.25) is 4.68 Å². The van der Waals surface area contributed by atoms with E-state index in [0.29, 0.717) is 27.5 Å². The van der Waals surface area contributed by atoms with Crippen molar-refractivity contribution in [3.63, 3.8) is 0 Å². The van der Waals surface area contributed by atoms with E-state index < -0.39 is 0 Å². The van der Waals surface area contributed by atoms with Gasteiger partial charge in [0.1, 0.15) is 5.75 Å². The first kappa shape index (κ1) is 24.2. The molecule has 0 aliphatic carbocycles. The quantitative estimate of drug-likeness (QED) is 0.421. The summed E-state index contributed by atoms with van der Waals surface area (Å²) in [7, 11) is 7.95. The van der Waals surface area contributed by atoms with Gasteiger partial charge in [0.25, 0.3) is 0 Å². The van der Waals surface area contributed by atoms with Gasteiger partial charge in [0, 0.05) is 55.8 Å². The summed E-state index contributed by atoms with van der Waals surface area (Å²) in [5.74, 6) is 1.10. The van der Waals surface area contributed by atoms with Crippen LogP contribution in [0.5, 0.6) is 5.75 Å². The van der Waals surface area contributed by atoms with Crippen molar-refractivity contribution in [3.8, 4) is 17.0 Å². The Kier molecular flexibility index (Phi) is 6.96. The van der Waals surface area contributed by atoms with Crippen LogP contribution in [0.1, 0.15) is 25.3 Å². The number of aromatic hydroxyl groups is 1. The van der Waals surface area contributed by atoms with Gasteiger partial charge in [-0.2, -0.15) is 5.10 Å². The molecule has 34 heavy (non-hydrogen) atoms. The van der Waals surface area contributed by atoms with Crippen molar-refractivity contribution in [3.05, 3.63) is 41.2 Å². The molecule has 1 saturated heterocycles. The van der Waals surface area contributed by atoms with Gasteiger partial charge in [-0.25, -0.2) is 9.97 Å². The number of likely N-dealkylation sites (tertiary alicyclic amines) is 1. The third kappa shape index (κ3) is 4.95. The number of aryl methyl sites for hydroxylation is 2. The number of phenols is 1. The summed E-state index contributed by atoms with van der Waals surface area (Å²) >= 11 is 6.51. The highest BCUT2D eigenvalue weighted by Crippen LogP contribution is 2.38. The molecule has 0 saturated carbocycles. The van der Waals surface area contributed by atoms with Gasteiger partial charge in [0.2, 0.25) is 0 Å². The Labute approximate surface area is 206 Å². The fourth-order valence-corrected chi connectivity index (χ4v) is 4.74. The number of nitrogens with zero attached hydrogens (tertiary/aromatic N) is 6. The van der Waals surface area contributed by atoms with Crippen LogP contribution in [0.3, 0.4) is 0 Å². The van der Waals surface area contributed by atoms with Crippen molar-refractivity contribution in [2.45, 2.75) is 26.7 Å². The van der Waals surface area contributed by atoms with Gasteiger partial charge in [-0.1, -0.05) is 18.5 Å². The lowest BCUT2D eigenvalue weighted by Gasteiger charge is -2.26. The topological polar surface area (TPSA) is 70.3 Å². The average molecular weight is 481 g/mol. The molecule has 0 bridgehead atoms. The van der Waals surface area contributed by atoms with Gasteiger partial charge < -0.3 is 14.9 Å². The first-order valence-corrected chi connectivity index (χ1v) is 12.0. The molecule has 4 aromatic rings. The number of benzene rings is 1. The molecular weight excluding hydrogens is 448 g/mol. The molecule has 5 rings (SSSR count). The fourth-order valence-electron chi connectivity index (χ4n) is 4.50. The largest absolute Gasteiger partial charge is 0.507 e. The zero-order valence-electron chi connectivity index (χ0n) is 20.8. The van der Waals surface area contributed by atoms with E-state index in [2.05, 4.69) is 33.9 Å². The molecule has 0 radical (unpaired) electrons. The van der Waals surface area contributed by atoms with Gasteiger partial charge in [0.15, 0.2) is 5.65 Å². The van der Waals surface area contributed by atoms with Crippen molar-refractivity contribution in [1.29, 1.82) is 0 Å². The Bertz CT molecular complexity index is 1320. The van der Waals surface area contributed by atoms with Crippen LogP contribution in [-0.2, 0) is 7.05 Å². The third-order valence-electron chi connectivity index (χ3n) is 6.37. The lowest BCUT2D eigenvalue weighted by atomic mass is 10.0. The number of fused-ring (bicyclic) bond motifs is 2. The summed E-state index contributed by atoms with van der Waals surface area (Å²) in [5, 5.41) is 17.3. The van der Waals surface area contributed by atoms with Crippen LogP contribution in [0.2, 0.25) is 5.02 Å². The summed E-state index contributed by atoms with van der Waals surface area (Å²) in [4.78, 5) is 13.4. The monoisotopic (exact) mass is 480 g/mol. The van der Waals surface area contributed by atoms with Crippen molar-refractivity contribution < 1.29 is 5.11 Å². The Hall–Kier alpha value is -2.90. The molecule has 8 heteroatoms. The van der Waals surface area contributed by atoms with E-state index in [1.165, 1.54) is 25.9 Å². The molecule has 1 aliphatic heterocycles. The second-order valence-corrected chi connectivity index (χ2v) is 10.0. The van der Waals surface area contributed by atoms with Crippen LogP contribution in [0.4, 0.5) is 5.69 Å². The number of hydrogen-bond donors (Lipinski definition) is 1. The highest BCUT2D eigenvalue weighted by molar-refractivity contribution is 6.35. The number of anilines is 1. The normalized spacial score (nSPS) is 16.5. The number of pyridine rings is 2. The molecule has 1 aliphatic rings. The number of rotatable bonds is 2. The average Bonchev–Trinajstić information content (AvgIpc) is 3.16. The molecule has 4 heterocycles. The molecule has 1 fully saturated rings. The van der Waals surface area contributed by atoms with Crippen LogP contribution >= 0.6 is 11.6 Å². The zero-order valence-corrected chi connectivity index (χ0v) is 21.6. The molecular formula is C26H33ClN6O. The second-order valence-electron chi connectivity index (χ2n) is 9.60. The number of piperidine rings is 1. The van der Waals surface area contributed by atoms with E-state index in [4.69, 9.17) is 11.6 Å². The van der Waals surface area contributed by atoms with E-state index in [1.54, 1.807) is 16.9 Å². The molecule has 3 aromatic heterocycles. The van der Waals surface area contributed by atoms with Crippen molar-refractivity contribution >= 4 is 39.2 Å². The molecule has 7 nitrogen and oxygen atoms in total. The maximum atomic E-state index is 10.7. The van der Waals surface area contributed by atoms with Gasteiger partial charge in [0.05, 0.1) is 28.1 Å². The summed E-state index contributed by atoms with van der Waals surface area (Å²) in [6, 6.07) is 5.60. The molecule has 180 valence electrons. The Balaban J connectivity index is 0.000000291. The Morgan fingerprint density at radius 2 is 1.94 bits per heavy atom. The van der Waals surface area contributed by atoms with Crippen molar-refractivity contribution in [2.75, 3.05) is 39.1 Å². The SMILES string of the molecule is CC1CCCN(C)C1.Cc1c(O)c(-c2cc(Cl)c3cc(N(C)C)cnc3n2)cc2cn(C)nc12. The van der Waals surface area contributed by atoms with E-state index in [9.17, 15) is 5.11 Å².